The highest BCUT2D eigenvalue weighted by atomic mass is 28.2. The second kappa shape index (κ2) is 11.3. The molecule has 5 nitrogen and oxygen atoms in total. The van der Waals surface area contributed by atoms with Gasteiger partial charge in [0.2, 0.25) is 0 Å². The standard InChI is InChI=1S/C12H26N2O3Si/c1-6-8-10(3)13-15-12(17-18-5)16-14-11(4)9-7-2/h8-9,12-14H,6-7,18H2,1-5H3. The van der Waals surface area contributed by atoms with Crippen molar-refractivity contribution < 1.29 is 14.1 Å². The van der Waals surface area contributed by atoms with Gasteiger partial charge in [-0.1, -0.05) is 32.5 Å². The average Bonchev–Trinajstić information content (AvgIpc) is 2.33. The highest BCUT2D eigenvalue weighted by Gasteiger charge is 2.09. The first-order valence-electron chi connectivity index (χ1n) is 6.42. The molecule has 2 N–H and O–H groups in total. The number of hydrogen-bond acceptors (Lipinski definition) is 5. The van der Waals surface area contributed by atoms with Gasteiger partial charge >= 0.3 is 6.48 Å². The summed E-state index contributed by atoms with van der Waals surface area (Å²) >= 11 is 0. The zero-order valence-corrected chi connectivity index (χ0v) is 13.5. The Labute approximate surface area is 112 Å². The number of rotatable bonds is 10. The van der Waals surface area contributed by atoms with Crippen LogP contribution in [0, 0.1) is 0 Å². The van der Waals surface area contributed by atoms with Crippen molar-refractivity contribution in [2.45, 2.75) is 53.6 Å². The SMILES string of the molecule is CCC=C(C)NOC(ONC(C)=CCC)O[SiH2]C. The Kier molecular flexibility index (Phi) is 10.8. The van der Waals surface area contributed by atoms with Gasteiger partial charge in [-0.15, -0.1) is 0 Å². The summed E-state index contributed by atoms with van der Waals surface area (Å²) in [6, 6.07) is 0. The quantitative estimate of drug-likeness (QED) is 0.363. The fourth-order valence-corrected chi connectivity index (χ4v) is 1.61. The minimum absolute atomic E-state index is 0.615. The van der Waals surface area contributed by atoms with Gasteiger partial charge in [0.05, 0.1) is 0 Å². The molecule has 6 heteroatoms. The van der Waals surface area contributed by atoms with Crippen molar-refractivity contribution in [2.75, 3.05) is 0 Å². The summed E-state index contributed by atoms with van der Waals surface area (Å²) in [5.41, 5.74) is 7.47. The summed E-state index contributed by atoms with van der Waals surface area (Å²) in [4.78, 5) is 10.6. The van der Waals surface area contributed by atoms with Crippen molar-refractivity contribution >= 4 is 9.76 Å². The Balaban J connectivity index is 4.06. The van der Waals surface area contributed by atoms with Crippen molar-refractivity contribution in [3.8, 4) is 0 Å². The lowest BCUT2D eigenvalue weighted by atomic mass is 10.4. The van der Waals surface area contributed by atoms with E-state index in [1.54, 1.807) is 0 Å². The predicted molar refractivity (Wildman–Crippen MR) is 75.8 cm³/mol. The molecular weight excluding hydrogens is 248 g/mol. The molecule has 0 radical (unpaired) electrons. The van der Waals surface area contributed by atoms with Gasteiger partial charge in [-0.2, -0.15) is 0 Å². The molecule has 0 saturated carbocycles. The third-order valence-corrected chi connectivity index (χ3v) is 2.56. The Morgan fingerprint density at radius 1 is 1.06 bits per heavy atom. The van der Waals surface area contributed by atoms with Crippen LogP contribution in [0.5, 0.6) is 0 Å². The van der Waals surface area contributed by atoms with E-state index in [2.05, 4.69) is 24.8 Å². The summed E-state index contributed by atoms with van der Waals surface area (Å²) in [5, 5.41) is 0. The zero-order chi connectivity index (χ0) is 13.8. The van der Waals surface area contributed by atoms with Gasteiger partial charge in [0.15, 0.2) is 9.76 Å². The molecule has 0 aromatic carbocycles. The highest BCUT2D eigenvalue weighted by Crippen LogP contribution is 1.98. The lowest BCUT2D eigenvalue weighted by Crippen LogP contribution is -2.33. The maximum atomic E-state index is 5.41. The largest absolute Gasteiger partial charge is 0.376 e. The van der Waals surface area contributed by atoms with Crippen molar-refractivity contribution in [3.63, 3.8) is 0 Å². The van der Waals surface area contributed by atoms with Crippen LogP contribution >= 0.6 is 0 Å². The summed E-state index contributed by atoms with van der Waals surface area (Å²) in [7, 11) is -0.615. The number of hydroxylamine groups is 2. The third-order valence-electron chi connectivity index (χ3n) is 1.96. The summed E-state index contributed by atoms with van der Waals surface area (Å²) in [6.45, 7) is 9.27. The van der Waals surface area contributed by atoms with Gasteiger partial charge in [0, 0.05) is 11.4 Å². The van der Waals surface area contributed by atoms with Gasteiger partial charge in [0.1, 0.15) is 0 Å². The Hall–Kier alpha value is -0.823. The van der Waals surface area contributed by atoms with Crippen molar-refractivity contribution in [1.29, 1.82) is 0 Å². The molecule has 0 amide bonds. The molecule has 0 atom stereocenters. The molecule has 0 spiro atoms. The molecule has 0 aliphatic carbocycles. The van der Waals surface area contributed by atoms with E-state index in [-0.39, 0.29) is 0 Å². The van der Waals surface area contributed by atoms with Crippen LogP contribution in [0.3, 0.4) is 0 Å². The fraction of sp³-hybridized carbons (Fsp3) is 0.667. The normalized spacial score (nSPS) is 15.2. The van der Waals surface area contributed by atoms with Gasteiger partial charge < -0.3 is 4.43 Å². The molecule has 0 rings (SSSR count). The van der Waals surface area contributed by atoms with Gasteiger partial charge in [0.25, 0.3) is 0 Å². The van der Waals surface area contributed by atoms with Gasteiger partial charge in [-0.25, -0.2) is 9.68 Å². The van der Waals surface area contributed by atoms with Crippen molar-refractivity contribution in [2.24, 2.45) is 0 Å². The monoisotopic (exact) mass is 274 g/mol. The summed E-state index contributed by atoms with van der Waals surface area (Å²) in [5.74, 6) is 0. The fourth-order valence-electron chi connectivity index (χ4n) is 1.21. The van der Waals surface area contributed by atoms with E-state index in [0.29, 0.717) is 0 Å². The maximum Gasteiger partial charge on any atom is 0.305 e. The zero-order valence-electron chi connectivity index (χ0n) is 12.1. The molecule has 0 bridgehead atoms. The van der Waals surface area contributed by atoms with E-state index in [4.69, 9.17) is 14.1 Å². The van der Waals surface area contributed by atoms with Crippen LogP contribution in [-0.2, 0) is 14.1 Å². The Morgan fingerprint density at radius 2 is 1.50 bits per heavy atom. The third kappa shape index (κ3) is 9.23. The first-order valence-corrected chi connectivity index (χ1v) is 8.41. The lowest BCUT2D eigenvalue weighted by Gasteiger charge is -2.19. The van der Waals surface area contributed by atoms with E-state index in [0.717, 1.165) is 24.2 Å². The van der Waals surface area contributed by atoms with E-state index >= 15 is 0 Å². The van der Waals surface area contributed by atoms with Crippen LogP contribution < -0.4 is 11.0 Å². The maximum absolute atomic E-state index is 5.41. The van der Waals surface area contributed by atoms with Crippen LogP contribution in [-0.4, -0.2) is 16.2 Å². The summed E-state index contributed by atoms with van der Waals surface area (Å²) in [6.07, 6.45) is 5.95. The second-order valence-corrected chi connectivity index (χ2v) is 4.69. The Morgan fingerprint density at radius 3 is 1.83 bits per heavy atom. The van der Waals surface area contributed by atoms with E-state index in [1.165, 1.54) is 0 Å². The van der Waals surface area contributed by atoms with Crippen LogP contribution in [0.4, 0.5) is 0 Å². The number of allylic oxidation sites excluding steroid dienone is 4. The minimum atomic E-state index is -0.734. The molecule has 0 aliphatic rings. The molecule has 0 unspecified atom stereocenters. The Bertz CT molecular complexity index is 246. The molecule has 0 aromatic rings. The van der Waals surface area contributed by atoms with Crippen molar-refractivity contribution in [1.82, 2.24) is 11.0 Å². The van der Waals surface area contributed by atoms with Crippen LogP contribution in [0.1, 0.15) is 40.5 Å². The molecule has 0 saturated heterocycles. The molecular formula is C12H26N2O3Si. The van der Waals surface area contributed by atoms with Gasteiger partial charge in [-0.05, 0) is 26.7 Å². The average molecular weight is 274 g/mol. The van der Waals surface area contributed by atoms with E-state index in [1.807, 2.05) is 32.5 Å². The second-order valence-electron chi connectivity index (χ2n) is 3.77. The van der Waals surface area contributed by atoms with E-state index < -0.39 is 16.2 Å². The highest BCUT2D eigenvalue weighted by molar-refractivity contribution is 6.24. The molecule has 0 aliphatic heterocycles. The first kappa shape index (κ1) is 17.2. The van der Waals surface area contributed by atoms with Crippen LogP contribution in [0.15, 0.2) is 23.5 Å². The number of nitrogens with one attached hydrogen (secondary N) is 2. The molecule has 18 heavy (non-hydrogen) atoms. The molecule has 0 aromatic heterocycles. The van der Waals surface area contributed by atoms with Crippen LogP contribution in [0.25, 0.3) is 0 Å². The predicted octanol–water partition coefficient (Wildman–Crippen LogP) is 2.09. The van der Waals surface area contributed by atoms with Gasteiger partial charge in [-0.3, -0.25) is 11.0 Å². The smallest absolute Gasteiger partial charge is 0.305 e. The summed E-state index contributed by atoms with van der Waals surface area (Å²) < 4.78 is 5.41. The topological polar surface area (TPSA) is 51.8 Å². The first-order chi connectivity index (χ1) is 8.63. The van der Waals surface area contributed by atoms with Crippen molar-refractivity contribution in [3.05, 3.63) is 23.5 Å². The molecule has 106 valence electrons. The van der Waals surface area contributed by atoms with Crippen LogP contribution in [0.2, 0.25) is 6.55 Å². The minimum Gasteiger partial charge on any atom is -0.376 e. The lowest BCUT2D eigenvalue weighted by molar-refractivity contribution is -0.290. The van der Waals surface area contributed by atoms with E-state index in [9.17, 15) is 0 Å². The number of hydrogen-bond donors (Lipinski definition) is 2. The molecule has 0 heterocycles. The molecule has 0 fully saturated rings.